The predicted molar refractivity (Wildman–Crippen MR) is 24.7 cm³/mol. The van der Waals surface area contributed by atoms with Gasteiger partial charge in [0.15, 0.2) is 0 Å². The third-order valence-electron chi connectivity index (χ3n) is 0. The Balaban J connectivity index is -0.00000000267. The molecule has 0 saturated heterocycles. The van der Waals surface area contributed by atoms with Gasteiger partial charge in [0, 0.05) is 17.4 Å². The van der Waals surface area contributed by atoms with Gasteiger partial charge in [-0.15, -0.1) is 0 Å². The summed E-state index contributed by atoms with van der Waals surface area (Å²) in [6.07, 6.45) is 0. The van der Waals surface area contributed by atoms with Crippen molar-refractivity contribution in [3.8, 4) is 0 Å². The first-order valence-corrected chi connectivity index (χ1v) is 0.907. The maximum absolute atomic E-state index is 8.17. The summed E-state index contributed by atoms with van der Waals surface area (Å²) in [5, 5.41) is 12.0. The molecular formula is H6Al2O5. The summed E-state index contributed by atoms with van der Waals surface area (Å²) in [6, 6.07) is 0. The first-order valence-electron chi connectivity index (χ1n) is 0.436. The normalized spacial score (nSPS) is 1.29. The van der Waals surface area contributed by atoms with Crippen LogP contribution in [0, 0.1) is 0 Å². The van der Waals surface area contributed by atoms with Crippen LogP contribution in [0.1, 0.15) is 0 Å². The van der Waals surface area contributed by atoms with Gasteiger partial charge in [0.25, 0.3) is 0 Å². The molecule has 0 aromatic heterocycles. The van der Waals surface area contributed by atoms with Gasteiger partial charge in [-0.3, -0.25) is 10.5 Å². The summed E-state index contributed by atoms with van der Waals surface area (Å²) in [5.41, 5.74) is 0. The predicted octanol–water partition coefficient (Wildman–Crippen LogP) is -2.51. The van der Waals surface area contributed by atoms with Gasteiger partial charge in [-0.25, -0.2) is 0 Å². The Hall–Kier alpha value is 0.705. The Morgan fingerprint density at radius 2 is 1.00 bits per heavy atom. The van der Waals surface area contributed by atoms with Crippen molar-refractivity contribution in [1.82, 2.24) is 0 Å². The molecule has 0 aliphatic carbocycles. The zero-order valence-corrected chi connectivity index (χ0v) is 5.77. The molecule has 0 aliphatic heterocycles. The molecule has 0 fully saturated rings. The Morgan fingerprint density at radius 1 is 1.00 bits per heavy atom. The fraction of sp³-hybridized carbons (Fsp3) is 0. The molecule has 6 N–H and O–H groups in total. The van der Waals surface area contributed by atoms with E-state index in [0.29, 0.717) is 0 Å². The Bertz CT molecular complexity index is 6.04. The topological polar surface area (TPSA) is 121 Å². The van der Waals surface area contributed by atoms with Crippen LogP contribution in [0.2, 0.25) is 0 Å². The molecule has 0 saturated carbocycles. The molecule has 7 heteroatoms. The van der Waals surface area contributed by atoms with Crippen LogP contribution in [-0.4, -0.2) is 55.1 Å². The van der Waals surface area contributed by atoms with Crippen molar-refractivity contribution in [2.45, 2.75) is 0 Å². The van der Waals surface area contributed by atoms with Crippen LogP contribution in [0.4, 0.5) is 0 Å². The molecule has 0 aliphatic rings. The second-order valence-electron chi connectivity index (χ2n) is 0. The summed E-state index contributed by atoms with van der Waals surface area (Å²) in [6.45, 7) is 0. The standard InChI is InChI=1S/2Al.H2O2.2H2O.O/c;;1-2;;;/h;;1-2H;2*1H2;. The summed E-state index contributed by atoms with van der Waals surface area (Å²) in [4.78, 5) is 0. The first-order chi connectivity index (χ1) is 2.00. The average molecular weight is 140 g/mol. The summed E-state index contributed by atoms with van der Waals surface area (Å²) < 4.78 is 8.17. The first kappa shape index (κ1) is 47.3. The van der Waals surface area contributed by atoms with Gasteiger partial charge in [-0.05, 0) is 0 Å². The average Bonchev–Trinajstić information content (AvgIpc) is 1.50. The third kappa shape index (κ3) is 299. The van der Waals surface area contributed by atoms with Gasteiger partial charge >= 0.3 is 20.0 Å². The molecule has 0 bridgehead atoms. The van der Waals surface area contributed by atoms with Gasteiger partial charge in [-0.1, -0.05) is 0 Å². The van der Waals surface area contributed by atoms with Gasteiger partial charge in [0.05, 0.1) is 0 Å². The van der Waals surface area contributed by atoms with Gasteiger partial charge in [-0.2, -0.15) is 0 Å². The van der Waals surface area contributed by atoms with Crippen LogP contribution in [-0.2, 0) is 3.80 Å². The van der Waals surface area contributed by atoms with Crippen molar-refractivity contribution >= 4 is 33.6 Å². The molecule has 0 heterocycles. The molecule has 42 valence electrons. The van der Waals surface area contributed by atoms with E-state index in [1.807, 2.05) is 0 Å². The molecule has 7 heavy (non-hydrogen) atoms. The van der Waals surface area contributed by atoms with Gasteiger partial charge in [0.1, 0.15) is 0 Å². The Morgan fingerprint density at radius 3 is 1.00 bits per heavy atom. The van der Waals surface area contributed by atoms with Crippen LogP contribution < -0.4 is 0 Å². The molecule has 0 aromatic rings. The van der Waals surface area contributed by atoms with Crippen molar-refractivity contribution in [3.63, 3.8) is 0 Å². The summed E-state index contributed by atoms with van der Waals surface area (Å²) >= 11 is 1.17. The zero-order chi connectivity index (χ0) is 4.00. The quantitative estimate of drug-likeness (QED) is 0.219. The van der Waals surface area contributed by atoms with Crippen LogP contribution >= 0.6 is 0 Å². The number of rotatable bonds is 0. The van der Waals surface area contributed by atoms with Gasteiger partial charge < -0.3 is 11.0 Å². The van der Waals surface area contributed by atoms with E-state index < -0.39 is 0 Å². The van der Waals surface area contributed by atoms with E-state index in [0.717, 1.165) is 0 Å². The molecule has 5 nitrogen and oxygen atoms in total. The minimum atomic E-state index is 0. The summed E-state index contributed by atoms with van der Waals surface area (Å²) in [7, 11) is 0. The van der Waals surface area contributed by atoms with E-state index in [9.17, 15) is 0 Å². The van der Waals surface area contributed by atoms with Crippen LogP contribution in [0.3, 0.4) is 0 Å². The van der Waals surface area contributed by atoms with Crippen molar-refractivity contribution in [3.05, 3.63) is 0 Å². The molecule has 0 amide bonds. The van der Waals surface area contributed by atoms with Crippen molar-refractivity contribution in [2.75, 3.05) is 0 Å². The maximum atomic E-state index is 8.17. The number of hydrogen-bond acceptors (Lipinski definition) is 3. The molecular weight excluding hydrogens is 134 g/mol. The minimum absolute atomic E-state index is 0. The fourth-order valence-electron chi connectivity index (χ4n) is 0. The van der Waals surface area contributed by atoms with Crippen molar-refractivity contribution < 1.29 is 25.3 Å². The third-order valence-corrected chi connectivity index (χ3v) is 0. The van der Waals surface area contributed by atoms with Crippen LogP contribution in [0.5, 0.6) is 0 Å². The molecule has 0 unspecified atom stereocenters. The van der Waals surface area contributed by atoms with E-state index in [-0.39, 0.29) is 28.3 Å². The van der Waals surface area contributed by atoms with Crippen molar-refractivity contribution in [1.29, 1.82) is 0 Å². The summed E-state index contributed by atoms with van der Waals surface area (Å²) in [5.74, 6) is 0. The van der Waals surface area contributed by atoms with Crippen LogP contribution in [0.15, 0.2) is 0 Å². The van der Waals surface area contributed by atoms with E-state index in [2.05, 4.69) is 0 Å². The van der Waals surface area contributed by atoms with E-state index >= 15 is 0 Å². The van der Waals surface area contributed by atoms with Gasteiger partial charge in [0.2, 0.25) is 0 Å². The van der Waals surface area contributed by atoms with Crippen LogP contribution in [0.25, 0.3) is 0 Å². The molecule has 0 spiro atoms. The van der Waals surface area contributed by atoms with E-state index in [1.54, 1.807) is 0 Å². The Kier molecular flexibility index (Phi) is 2970. The zero-order valence-electron chi connectivity index (χ0n) is 3.46. The van der Waals surface area contributed by atoms with E-state index in [1.165, 1.54) is 16.2 Å². The molecule has 0 atom stereocenters. The van der Waals surface area contributed by atoms with Crippen molar-refractivity contribution in [2.24, 2.45) is 0 Å². The molecule has 0 aromatic carbocycles. The monoisotopic (exact) mass is 140 g/mol. The second-order valence-corrected chi connectivity index (χ2v) is 0. The Labute approximate surface area is 59.3 Å². The van der Waals surface area contributed by atoms with E-state index in [4.69, 9.17) is 14.3 Å². The molecule has 4 radical (unpaired) electrons. The SMILES string of the molecule is O.O.OO.[Al].[O]=[Al]. The molecule has 0 rings (SSSR count). The second kappa shape index (κ2) is 439. The number of hydrogen-bond donors (Lipinski definition) is 2. The fourth-order valence-corrected chi connectivity index (χ4v) is 0.